The van der Waals surface area contributed by atoms with Crippen LogP contribution in [-0.2, 0) is 9.47 Å². The van der Waals surface area contributed by atoms with E-state index in [9.17, 15) is 9.59 Å². The number of aromatic nitrogens is 1. The zero-order valence-electron chi connectivity index (χ0n) is 19.9. The Labute approximate surface area is 204 Å². The van der Waals surface area contributed by atoms with E-state index < -0.39 is 0 Å². The van der Waals surface area contributed by atoms with Crippen molar-refractivity contribution in [3.8, 4) is 11.1 Å². The fraction of sp³-hybridized carbons (Fsp3) is 0.393. The van der Waals surface area contributed by atoms with Crippen molar-refractivity contribution in [2.75, 3.05) is 19.8 Å². The van der Waals surface area contributed by atoms with Crippen LogP contribution in [0.15, 0.2) is 53.1 Å². The van der Waals surface area contributed by atoms with Gasteiger partial charge in [-0.15, -0.1) is 0 Å². The number of morpholine rings is 1. The summed E-state index contributed by atoms with van der Waals surface area (Å²) in [6.07, 6.45) is 0.765. The molecule has 3 aromatic rings. The number of Topliss-reactive ketones (excluding diaryl/α,β-unsaturated/α-hetero) is 1. The van der Waals surface area contributed by atoms with Crippen molar-refractivity contribution in [2.45, 2.75) is 44.7 Å². The van der Waals surface area contributed by atoms with Gasteiger partial charge >= 0.3 is 6.09 Å². The molecular formula is C28H28N2O5. The maximum Gasteiger partial charge on any atom is 0.410 e. The Morgan fingerprint density at radius 1 is 0.971 bits per heavy atom. The Hall–Kier alpha value is -3.45. The van der Waals surface area contributed by atoms with E-state index in [-0.39, 0.29) is 42.4 Å². The molecule has 0 N–H and O–H groups in total. The van der Waals surface area contributed by atoms with Crippen LogP contribution < -0.4 is 0 Å². The van der Waals surface area contributed by atoms with Crippen LogP contribution in [0.2, 0.25) is 0 Å². The highest BCUT2D eigenvalue weighted by molar-refractivity contribution is 5.99. The minimum absolute atomic E-state index is 0.0149. The lowest BCUT2D eigenvalue weighted by atomic mass is 9.80. The van der Waals surface area contributed by atoms with Crippen LogP contribution in [0.3, 0.4) is 0 Å². The largest absolute Gasteiger partial charge is 0.448 e. The van der Waals surface area contributed by atoms with Gasteiger partial charge in [0.25, 0.3) is 0 Å². The number of carbonyl (C=O) groups excluding carboxylic acids is 2. The number of nitrogens with zero attached hydrogens (tertiary/aromatic N) is 2. The Morgan fingerprint density at radius 2 is 1.57 bits per heavy atom. The number of carbonyl (C=O) groups is 2. The monoisotopic (exact) mass is 472 g/mol. The lowest BCUT2D eigenvalue weighted by Gasteiger charge is -2.47. The zero-order chi connectivity index (χ0) is 24.1. The first-order chi connectivity index (χ1) is 17.0. The maximum atomic E-state index is 13.3. The highest BCUT2D eigenvalue weighted by Crippen LogP contribution is 2.44. The van der Waals surface area contributed by atoms with Gasteiger partial charge < -0.3 is 14.0 Å². The summed E-state index contributed by atoms with van der Waals surface area (Å²) < 4.78 is 16.9. The number of ketones is 1. The third-order valence-electron chi connectivity index (χ3n) is 7.72. The molecule has 3 heterocycles. The summed E-state index contributed by atoms with van der Waals surface area (Å²) in [5.74, 6) is 0.419. The number of rotatable bonds is 4. The van der Waals surface area contributed by atoms with Crippen LogP contribution >= 0.6 is 0 Å². The van der Waals surface area contributed by atoms with Gasteiger partial charge in [0, 0.05) is 11.8 Å². The second-order valence-corrected chi connectivity index (χ2v) is 9.79. The van der Waals surface area contributed by atoms with Crippen LogP contribution in [0, 0.1) is 19.8 Å². The van der Waals surface area contributed by atoms with Gasteiger partial charge in [-0.3, -0.25) is 9.69 Å². The molecule has 7 nitrogen and oxygen atoms in total. The second-order valence-electron chi connectivity index (χ2n) is 9.79. The summed E-state index contributed by atoms with van der Waals surface area (Å²) in [4.78, 5) is 28.4. The standard InChI is InChI=1S/C28H28N2O5/c1-16-26(17(2)35-29-16)27(31)18-11-19-13-33-14-20(12-18)30(19)28(32)34-15-25-23-9-5-3-7-21(23)22-8-4-6-10-24(22)25/h3-10,18-20,25H,11-15H2,1-2H3. The number of benzene rings is 2. The van der Waals surface area contributed by atoms with Crippen LogP contribution in [0.5, 0.6) is 0 Å². The van der Waals surface area contributed by atoms with Crippen molar-refractivity contribution < 1.29 is 23.6 Å². The fourth-order valence-corrected chi connectivity index (χ4v) is 6.13. The first-order valence-electron chi connectivity index (χ1n) is 12.2. The van der Waals surface area contributed by atoms with Gasteiger partial charge in [-0.2, -0.15) is 0 Å². The summed E-state index contributed by atoms with van der Waals surface area (Å²) >= 11 is 0. The highest BCUT2D eigenvalue weighted by Gasteiger charge is 2.45. The molecule has 3 aliphatic rings. The summed E-state index contributed by atoms with van der Waals surface area (Å²) in [6, 6.07) is 16.2. The van der Waals surface area contributed by atoms with Gasteiger partial charge in [-0.1, -0.05) is 53.7 Å². The molecule has 2 aliphatic heterocycles. The molecule has 2 bridgehead atoms. The first kappa shape index (κ1) is 22.0. The average molecular weight is 473 g/mol. The van der Waals surface area contributed by atoms with E-state index in [0.29, 0.717) is 43.1 Å². The number of amides is 1. The zero-order valence-corrected chi connectivity index (χ0v) is 19.9. The first-order valence-corrected chi connectivity index (χ1v) is 12.2. The quantitative estimate of drug-likeness (QED) is 0.502. The number of piperidine rings is 1. The van der Waals surface area contributed by atoms with Crippen LogP contribution in [0.25, 0.3) is 11.1 Å². The van der Waals surface area contributed by atoms with Crippen molar-refractivity contribution in [3.63, 3.8) is 0 Å². The van der Waals surface area contributed by atoms with Gasteiger partial charge in [0.1, 0.15) is 12.4 Å². The molecule has 35 heavy (non-hydrogen) atoms. The predicted molar refractivity (Wildman–Crippen MR) is 128 cm³/mol. The smallest absolute Gasteiger partial charge is 0.410 e. The molecule has 2 unspecified atom stereocenters. The van der Waals surface area contributed by atoms with E-state index in [1.165, 1.54) is 22.3 Å². The molecule has 0 radical (unpaired) electrons. The van der Waals surface area contributed by atoms with Gasteiger partial charge in [0.05, 0.1) is 36.6 Å². The van der Waals surface area contributed by atoms with Crippen molar-refractivity contribution in [2.24, 2.45) is 5.92 Å². The molecule has 7 heteroatoms. The van der Waals surface area contributed by atoms with Crippen molar-refractivity contribution >= 4 is 11.9 Å². The predicted octanol–water partition coefficient (Wildman–Crippen LogP) is 4.90. The third-order valence-corrected chi connectivity index (χ3v) is 7.72. The average Bonchev–Trinajstić information content (AvgIpc) is 3.37. The van der Waals surface area contributed by atoms with E-state index in [4.69, 9.17) is 14.0 Å². The molecule has 2 aromatic carbocycles. The SMILES string of the molecule is Cc1noc(C)c1C(=O)C1CC2COCC(C1)N2C(=O)OCC1c2ccccc2-c2ccccc21. The second kappa shape index (κ2) is 8.64. The molecule has 2 saturated heterocycles. The third kappa shape index (κ3) is 3.65. The van der Waals surface area contributed by atoms with E-state index in [0.717, 1.165) is 0 Å². The molecular weight excluding hydrogens is 444 g/mol. The van der Waals surface area contributed by atoms with E-state index in [2.05, 4.69) is 29.4 Å². The maximum absolute atomic E-state index is 13.3. The van der Waals surface area contributed by atoms with Crippen LogP contribution in [0.4, 0.5) is 4.79 Å². The van der Waals surface area contributed by atoms with E-state index >= 15 is 0 Å². The topological polar surface area (TPSA) is 81.9 Å². The summed E-state index contributed by atoms with van der Waals surface area (Å²) in [7, 11) is 0. The minimum atomic E-state index is -0.326. The minimum Gasteiger partial charge on any atom is -0.448 e. The number of fused-ring (bicyclic) bond motifs is 5. The molecule has 1 amide bonds. The van der Waals surface area contributed by atoms with Gasteiger partial charge in [-0.25, -0.2) is 4.79 Å². The summed E-state index contributed by atoms with van der Waals surface area (Å²) in [5.41, 5.74) is 5.97. The normalized spacial score (nSPS) is 23.0. The van der Waals surface area contributed by atoms with Crippen molar-refractivity contribution in [3.05, 3.63) is 76.7 Å². The lowest BCUT2D eigenvalue weighted by molar-refractivity contribution is -0.0748. The molecule has 6 rings (SSSR count). The molecule has 2 fully saturated rings. The Kier molecular flexibility index (Phi) is 5.44. The fourth-order valence-electron chi connectivity index (χ4n) is 6.13. The summed E-state index contributed by atoms with van der Waals surface area (Å²) in [5, 5.41) is 3.94. The molecule has 2 atom stereocenters. The van der Waals surface area contributed by atoms with E-state index in [1.54, 1.807) is 13.8 Å². The highest BCUT2D eigenvalue weighted by atomic mass is 16.6. The number of ether oxygens (including phenoxy) is 2. The summed E-state index contributed by atoms with van der Waals surface area (Å²) in [6.45, 7) is 4.66. The van der Waals surface area contributed by atoms with Crippen molar-refractivity contribution in [1.29, 1.82) is 0 Å². The molecule has 1 aliphatic carbocycles. The Morgan fingerprint density at radius 3 is 2.14 bits per heavy atom. The van der Waals surface area contributed by atoms with Gasteiger partial charge in [0.2, 0.25) is 0 Å². The Balaban J connectivity index is 1.18. The van der Waals surface area contributed by atoms with E-state index in [1.807, 2.05) is 29.2 Å². The number of hydrogen-bond donors (Lipinski definition) is 0. The number of hydrogen-bond acceptors (Lipinski definition) is 6. The van der Waals surface area contributed by atoms with Gasteiger partial charge in [-0.05, 0) is 48.9 Å². The Bertz CT molecular complexity index is 1220. The van der Waals surface area contributed by atoms with Crippen LogP contribution in [-0.4, -0.2) is 53.8 Å². The molecule has 180 valence electrons. The number of aryl methyl sites for hydroxylation is 2. The molecule has 1 aromatic heterocycles. The van der Waals surface area contributed by atoms with Gasteiger partial charge in [0.15, 0.2) is 5.78 Å². The lowest BCUT2D eigenvalue weighted by Crippen LogP contribution is -2.60. The van der Waals surface area contributed by atoms with Crippen LogP contribution in [0.1, 0.15) is 51.7 Å². The van der Waals surface area contributed by atoms with Crippen molar-refractivity contribution in [1.82, 2.24) is 10.1 Å². The molecule has 0 spiro atoms. The molecule has 0 saturated carbocycles.